The van der Waals surface area contributed by atoms with Gasteiger partial charge in [-0.2, -0.15) is 0 Å². The number of hydrogen-bond acceptors (Lipinski definition) is 5. The van der Waals surface area contributed by atoms with E-state index in [1.165, 1.54) is 11.3 Å². The standard InChI is InChI=1S/C13H12N2O3S2/c1-7-10(12(16)15-5-8(6-15)13(17)18)20-11(14-7)9-3-2-4-19-9/h2-4,8H,5-6H2,1H3,(H,17,18). The molecule has 0 aromatic carbocycles. The Labute approximate surface area is 123 Å². The fourth-order valence-electron chi connectivity index (χ4n) is 2.04. The van der Waals surface area contributed by atoms with Crippen molar-refractivity contribution in [3.63, 3.8) is 0 Å². The number of likely N-dealkylation sites (tertiary alicyclic amines) is 1. The molecule has 0 atom stereocenters. The largest absolute Gasteiger partial charge is 0.481 e. The summed E-state index contributed by atoms with van der Waals surface area (Å²) >= 11 is 2.96. The average Bonchev–Trinajstić information content (AvgIpc) is 2.94. The Bertz CT molecular complexity index is 657. The molecule has 0 radical (unpaired) electrons. The third-order valence-corrected chi connectivity index (χ3v) is 5.43. The fourth-order valence-corrected chi connectivity index (χ4v) is 3.88. The zero-order valence-corrected chi connectivity index (χ0v) is 12.3. The Kier molecular flexibility index (Phi) is 3.31. The Morgan fingerprint density at radius 1 is 1.45 bits per heavy atom. The molecular weight excluding hydrogens is 296 g/mol. The normalized spacial score (nSPS) is 15.2. The molecular formula is C13H12N2O3S2. The van der Waals surface area contributed by atoms with Crippen LogP contribution in [0.2, 0.25) is 0 Å². The summed E-state index contributed by atoms with van der Waals surface area (Å²) in [5.74, 6) is -1.38. The number of aromatic nitrogens is 1. The van der Waals surface area contributed by atoms with Crippen LogP contribution in [0.5, 0.6) is 0 Å². The molecule has 0 aliphatic carbocycles. The minimum absolute atomic E-state index is 0.111. The average molecular weight is 308 g/mol. The zero-order chi connectivity index (χ0) is 14.3. The number of hydrogen-bond donors (Lipinski definition) is 1. The monoisotopic (exact) mass is 308 g/mol. The molecule has 0 saturated carbocycles. The first-order valence-electron chi connectivity index (χ1n) is 6.09. The molecule has 1 aliphatic heterocycles. The second-order valence-corrected chi connectivity index (χ2v) is 6.60. The van der Waals surface area contributed by atoms with Gasteiger partial charge in [0.2, 0.25) is 0 Å². The van der Waals surface area contributed by atoms with Gasteiger partial charge in [-0.3, -0.25) is 9.59 Å². The molecule has 7 heteroatoms. The molecule has 1 amide bonds. The molecule has 3 rings (SSSR count). The van der Waals surface area contributed by atoms with Crippen molar-refractivity contribution in [2.24, 2.45) is 5.92 Å². The van der Waals surface area contributed by atoms with Gasteiger partial charge in [0, 0.05) is 13.1 Å². The molecule has 1 fully saturated rings. The van der Waals surface area contributed by atoms with E-state index in [-0.39, 0.29) is 5.91 Å². The zero-order valence-electron chi connectivity index (χ0n) is 10.7. The lowest BCUT2D eigenvalue weighted by Crippen LogP contribution is -2.52. The van der Waals surface area contributed by atoms with Crippen LogP contribution >= 0.6 is 22.7 Å². The fraction of sp³-hybridized carbons (Fsp3) is 0.308. The lowest BCUT2D eigenvalue weighted by Gasteiger charge is -2.36. The van der Waals surface area contributed by atoms with E-state index in [0.29, 0.717) is 23.7 Å². The summed E-state index contributed by atoms with van der Waals surface area (Å²) in [5, 5.41) is 11.7. The quantitative estimate of drug-likeness (QED) is 0.945. The third-order valence-electron chi connectivity index (χ3n) is 3.24. The Morgan fingerprint density at radius 3 is 2.80 bits per heavy atom. The smallest absolute Gasteiger partial charge is 0.310 e. The van der Waals surface area contributed by atoms with Crippen LogP contribution < -0.4 is 0 Å². The molecule has 1 N–H and O–H groups in total. The first-order valence-corrected chi connectivity index (χ1v) is 7.79. The van der Waals surface area contributed by atoms with Crippen molar-refractivity contribution in [1.29, 1.82) is 0 Å². The molecule has 1 aliphatic rings. The van der Waals surface area contributed by atoms with Crippen molar-refractivity contribution in [2.45, 2.75) is 6.92 Å². The minimum Gasteiger partial charge on any atom is -0.481 e. The maximum absolute atomic E-state index is 12.3. The molecule has 0 unspecified atom stereocenters. The van der Waals surface area contributed by atoms with E-state index in [2.05, 4.69) is 4.98 Å². The highest BCUT2D eigenvalue weighted by Gasteiger charge is 2.37. The summed E-state index contributed by atoms with van der Waals surface area (Å²) in [4.78, 5) is 30.7. The number of carboxylic acids is 1. The van der Waals surface area contributed by atoms with Gasteiger partial charge in [-0.15, -0.1) is 22.7 Å². The van der Waals surface area contributed by atoms with Crippen molar-refractivity contribution < 1.29 is 14.7 Å². The number of carbonyl (C=O) groups excluding carboxylic acids is 1. The van der Waals surface area contributed by atoms with Gasteiger partial charge in [-0.05, 0) is 18.4 Å². The van der Waals surface area contributed by atoms with E-state index in [4.69, 9.17) is 5.11 Å². The Hall–Kier alpha value is -1.73. The molecule has 3 heterocycles. The van der Waals surface area contributed by atoms with Gasteiger partial charge < -0.3 is 10.0 Å². The van der Waals surface area contributed by atoms with Gasteiger partial charge in [0.15, 0.2) is 0 Å². The van der Waals surface area contributed by atoms with E-state index in [9.17, 15) is 9.59 Å². The first kappa shape index (κ1) is 13.3. The van der Waals surface area contributed by atoms with Gasteiger partial charge in [0.1, 0.15) is 9.88 Å². The molecule has 20 heavy (non-hydrogen) atoms. The number of aliphatic carboxylic acids is 1. The highest BCUT2D eigenvalue weighted by atomic mass is 32.1. The number of thiophene rings is 1. The lowest BCUT2D eigenvalue weighted by atomic mass is 10.0. The SMILES string of the molecule is Cc1nc(-c2cccs2)sc1C(=O)N1CC(C(=O)O)C1. The third kappa shape index (κ3) is 2.23. The maximum atomic E-state index is 12.3. The minimum atomic E-state index is -0.839. The topological polar surface area (TPSA) is 70.5 Å². The van der Waals surface area contributed by atoms with Crippen molar-refractivity contribution in [2.75, 3.05) is 13.1 Å². The van der Waals surface area contributed by atoms with Gasteiger partial charge in [0.25, 0.3) is 5.91 Å². The number of nitrogens with zero attached hydrogens (tertiary/aromatic N) is 2. The van der Waals surface area contributed by atoms with E-state index in [1.807, 2.05) is 24.4 Å². The van der Waals surface area contributed by atoms with Gasteiger partial charge in [0.05, 0.1) is 16.5 Å². The lowest BCUT2D eigenvalue weighted by molar-refractivity contribution is -0.146. The van der Waals surface area contributed by atoms with Crippen LogP contribution in [-0.2, 0) is 4.79 Å². The number of rotatable bonds is 3. The van der Waals surface area contributed by atoms with E-state index < -0.39 is 11.9 Å². The van der Waals surface area contributed by atoms with Crippen LogP contribution in [0.3, 0.4) is 0 Å². The van der Waals surface area contributed by atoms with Crippen LogP contribution in [0.1, 0.15) is 15.4 Å². The van der Waals surface area contributed by atoms with Crippen LogP contribution in [0.4, 0.5) is 0 Å². The van der Waals surface area contributed by atoms with E-state index >= 15 is 0 Å². The van der Waals surface area contributed by atoms with Crippen molar-refractivity contribution in [3.8, 4) is 9.88 Å². The van der Waals surface area contributed by atoms with Crippen molar-refractivity contribution in [1.82, 2.24) is 9.88 Å². The molecule has 5 nitrogen and oxygen atoms in total. The van der Waals surface area contributed by atoms with Crippen LogP contribution in [0, 0.1) is 12.8 Å². The first-order chi connectivity index (χ1) is 9.56. The van der Waals surface area contributed by atoms with Crippen molar-refractivity contribution >= 4 is 34.6 Å². The van der Waals surface area contributed by atoms with Crippen LogP contribution in [0.25, 0.3) is 9.88 Å². The number of carboxylic acid groups (broad SMARTS) is 1. The van der Waals surface area contributed by atoms with Crippen molar-refractivity contribution in [3.05, 3.63) is 28.1 Å². The predicted octanol–water partition coefficient (Wildman–Crippen LogP) is 2.34. The highest BCUT2D eigenvalue weighted by molar-refractivity contribution is 7.22. The molecule has 104 valence electrons. The molecule has 2 aromatic heterocycles. The molecule has 0 bridgehead atoms. The highest BCUT2D eigenvalue weighted by Crippen LogP contribution is 2.32. The molecule has 0 spiro atoms. The summed E-state index contributed by atoms with van der Waals surface area (Å²) in [7, 11) is 0. The number of carbonyl (C=O) groups is 2. The summed E-state index contributed by atoms with van der Waals surface area (Å²) < 4.78 is 0. The second-order valence-electron chi connectivity index (χ2n) is 4.66. The van der Waals surface area contributed by atoms with Crippen LogP contribution in [0.15, 0.2) is 17.5 Å². The summed E-state index contributed by atoms with van der Waals surface area (Å²) in [6, 6.07) is 3.92. The van der Waals surface area contributed by atoms with Crippen LogP contribution in [-0.4, -0.2) is 40.0 Å². The number of thiazole rings is 1. The predicted molar refractivity (Wildman–Crippen MR) is 77.2 cm³/mol. The molecule has 1 saturated heterocycles. The summed E-state index contributed by atoms with van der Waals surface area (Å²) in [6.07, 6.45) is 0. The summed E-state index contributed by atoms with van der Waals surface area (Å²) in [5.41, 5.74) is 0.710. The maximum Gasteiger partial charge on any atom is 0.310 e. The number of amides is 1. The number of aryl methyl sites for hydroxylation is 1. The van der Waals surface area contributed by atoms with Gasteiger partial charge in [-0.1, -0.05) is 6.07 Å². The van der Waals surface area contributed by atoms with Gasteiger partial charge >= 0.3 is 5.97 Å². The van der Waals surface area contributed by atoms with E-state index in [0.717, 1.165) is 9.88 Å². The Balaban J connectivity index is 1.78. The summed E-state index contributed by atoms with van der Waals surface area (Å²) in [6.45, 7) is 2.40. The second kappa shape index (κ2) is 4.99. The van der Waals surface area contributed by atoms with E-state index in [1.54, 1.807) is 16.2 Å². The van der Waals surface area contributed by atoms with Gasteiger partial charge in [-0.25, -0.2) is 4.98 Å². The Morgan fingerprint density at radius 2 is 2.20 bits per heavy atom. The molecule has 2 aromatic rings.